The number of likely N-dealkylation sites (tertiary alicyclic amines) is 2. The number of piperidine rings is 2. The number of carbonyl (C=O) groups excluding carboxylic acids is 1. The zero-order chi connectivity index (χ0) is 52.2. The third-order valence-corrected chi connectivity index (χ3v) is 17.7. The van der Waals surface area contributed by atoms with Crippen molar-refractivity contribution in [2.24, 2.45) is 18.2 Å². The van der Waals surface area contributed by atoms with Crippen LogP contribution in [0.1, 0.15) is 123 Å². The van der Waals surface area contributed by atoms with Crippen LogP contribution in [0, 0.1) is 28.7 Å². The van der Waals surface area contributed by atoms with E-state index in [-0.39, 0.29) is 69.0 Å². The number of fused-ring (bicyclic) bond motifs is 2. The lowest BCUT2D eigenvalue weighted by atomic mass is 9.73. The lowest BCUT2D eigenvalue weighted by Gasteiger charge is -2.46. The van der Waals surface area contributed by atoms with Gasteiger partial charge in [-0.15, -0.1) is 0 Å². The number of anilines is 1. The van der Waals surface area contributed by atoms with Gasteiger partial charge in [-0.25, -0.2) is 17.6 Å². The molecule has 11 nitrogen and oxygen atoms in total. The molecule has 5 N–H and O–H groups in total. The standard InChI is InChI=1S/C58H69ClF4N8O3/c1-34-17-28-71(36(3)66-34)56-43-30-44(60)48(53(63)54(43)68(5)67-56)37-18-26-70(27-19-37)41-20-24-69(25-21-41)33-57(4)22-15-40(16-23-57)65-32-58(39-11-7-6-8-12-39)35(2)47-46(74-58)31-45(61)51(59)50(47)49-42(55(64)73)14-13-38(52(49)62)10-9-29-72/h6-8,11-14,30-31,35,37,40-41,65-66,72H,1,3,9-10,15-29,32-33H2,2,4-5H3,(H2,64,73). The molecular weight excluding hydrogens is 968 g/mol. The molecule has 5 heterocycles. The van der Waals surface area contributed by atoms with E-state index in [0.29, 0.717) is 72.9 Å². The Labute approximate surface area is 436 Å². The molecule has 394 valence electrons. The summed E-state index contributed by atoms with van der Waals surface area (Å²) in [4.78, 5) is 19.9. The van der Waals surface area contributed by atoms with E-state index in [2.05, 4.69) is 45.6 Å². The first-order valence-electron chi connectivity index (χ1n) is 26.4. The normalized spacial score (nSPS) is 24.4. The summed E-state index contributed by atoms with van der Waals surface area (Å²) >= 11 is 6.79. The molecule has 3 saturated heterocycles. The zero-order valence-corrected chi connectivity index (χ0v) is 43.6. The number of rotatable bonds is 14. The van der Waals surface area contributed by atoms with E-state index >= 15 is 17.6 Å². The van der Waals surface area contributed by atoms with Crippen LogP contribution in [-0.2, 0) is 19.1 Å². The molecule has 0 spiro atoms. The van der Waals surface area contributed by atoms with Gasteiger partial charge in [-0.1, -0.05) is 75.0 Å². The van der Waals surface area contributed by atoms with E-state index in [1.54, 1.807) is 7.05 Å². The van der Waals surface area contributed by atoms with E-state index in [9.17, 15) is 9.90 Å². The first-order chi connectivity index (χ1) is 35.5. The van der Waals surface area contributed by atoms with E-state index in [4.69, 9.17) is 22.1 Å². The topological polar surface area (TPSA) is 124 Å². The summed E-state index contributed by atoms with van der Waals surface area (Å²) in [6.07, 6.45) is 8.70. The molecule has 5 aromatic rings. The highest BCUT2D eigenvalue weighted by atomic mass is 35.5. The molecule has 5 aliphatic rings. The maximum Gasteiger partial charge on any atom is 0.249 e. The Morgan fingerprint density at radius 3 is 2.32 bits per heavy atom. The minimum Gasteiger partial charge on any atom is -0.480 e. The van der Waals surface area contributed by atoms with Crippen molar-refractivity contribution in [3.8, 4) is 16.9 Å². The molecule has 1 amide bonds. The summed E-state index contributed by atoms with van der Waals surface area (Å²) in [5.74, 6) is -2.81. The molecule has 4 fully saturated rings. The van der Waals surface area contributed by atoms with E-state index in [1.165, 1.54) is 28.9 Å². The fourth-order valence-electron chi connectivity index (χ4n) is 13.1. The number of halogens is 5. The minimum absolute atomic E-state index is 0.0511. The number of hydrogen-bond acceptors (Lipinski definition) is 9. The summed E-state index contributed by atoms with van der Waals surface area (Å²) in [5, 5.41) is 21.3. The van der Waals surface area contributed by atoms with Gasteiger partial charge in [-0.05, 0) is 125 Å². The number of aliphatic hydroxyl groups excluding tert-OH is 1. The summed E-state index contributed by atoms with van der Waals surface area (Å²) < 4.78 is 73.4. The summed E-state index contributed by atoms with van der Waals surface area (Å²) in [7, 11) is 1.71. The number of aryl methyl sites for hydroxylation is 2. The molecule has 0 bridgehead atoms. The molecule has 74 heavy (non-hydrogen) atoms. The van der Waals surface area contributed by atoms with Crippen molar-refractivity contribution in [3.63, 3.8) is 0 Å². The SMILES string of the molecule is C=C1CCN(c2nn(C)c3c(F)c(C4CCN(C5CCN(CC6(C)CCC(NCC7(c8ccccc8)Oc8cc(F)c(Cl)c(-c9c(C(N)=O)ccc(CCCO)c9F)c8C7C)CC6)CC5)CC4)c(F)cc23)C(=C)N1. The molecule has 0 radical (unpaired) electrons. The van der Waals surface area contributed by atoms with Crippen molar-refractivity contribution >= 4 is 34.2 Å². The van der Waals surface area contributed by atoms with Crippen LogP contribution in [0.25, 0.3) is 22.0 Å². The number of hydrogen-bond donors (Lipinski definition) is 4. The van der Waals surface area contributed by atoms with Gasteiger partial charge in [0.1, 0.15) is 34.5 Å². The molecule has 10 rings (SSSR count). The minimum atomic E-state index is -1.03. The highest BCUT2D eigenvalue weighted by Gasteiger charge is 2.50. The number of carbonyl (C=O) groups is 1. The number of nitrogens with two attached hydrogens (primary N) is 1. The second-order valence-electron chi connectivity index (χ2n) is 22.0. The number of ether oxygens (including phenoxy) is 1. The Morgan fingerprint density at radius 1 is 0.932 bits per heavy atom. The predicted molar refractivity (Wildman–Crippen MR) is 283 cm³/mol. The maximum absolute atomic E-state index is 16.6. The van der Waals surface area contributed by atoms with Gasteiger partial charge in [0.25, 0.3) is 0 Å². The van der Waals surface area contributed by atoms with Gasteiger partial charge in [0, 0.05) is 97.3 Å². The van der Waals surface area contributed by atoms with Crippen LogP contribution in [0.15, 0.2) is 79.3 Å². The van der Waals surface area contributed by atoms with Crippen molar-refractivity contribution in [1.82, 2.24) is 30.2 Å². The Morgan fingerprint density at radius 2 is 1.65 bits per heavy atom. The van der Waals surface area contributed by atoms with Crippen molar-refractivity contribution in [3.05, 3.63) is 135 Å². The molecule has 4 aliphatic heterocycles. The van der Waals surface area contributed by atoms with E-state index < -0.39 is 40.7 Å². The van der Waals surface area contributed by atoms with Crippen LogP contribution in [0.2, 0.25) is 5.02 Å². The Kier molecular flexibility index (Phi) is 14.7. The van der Waals surface area contributed by atoms with Crippen molar-refractivity contribution in [2.45, 2.75) is 114 Å². The van der Waals surface area contributed by atoms with Gasteiger partial charge in [0.15, 0.2) is 17.2 Å². The molecule has 2 atom stereocenters. The Bertz CT molecular complexity index is 2960. The van der Waals surface area contributed by atoms with Crippen LogP contribution in [0.5, 0.6) is 5.75 Å². The zero-order valence-electron chi connectivity index (χ0n) is 42.8. The monoisotopic (exact) mass is 1040 g/mol. The van der Waals surface area contributed by atoms with Gasteiger partial charge < -0.3 is 40.9 Å². The first kappa shape index (κ1) is 52.0. The van der Waals surface area contributed by atoms with Crippen LogP contribution in [-0.4, -0.2) is 95.1 Å². The van der Waals surface area contributed by atoms with Crippen molar-refractivity contribution in [1.29, 1.82) is 0 Å². The molecule has 2 unspecified atom stereocenters. The van der Waals surface area contributed by atoms with Crippen molar-refractivity contribution < 1.29 is 32.2 Å². The number of primary amides is 1. The quantitative estimate of drug-likeness (QED) is 0.0805. The van der Waals surface area contributed by atoms with Gasteiger partial charge in [0.2, 0.25) is 5.91 Å². The first-order valence-corrected chi connectivity index (χ1v) is 26.8. The molecule has 1 aromatic heterocycles. The second-order valence-corrected chi connectivity index (χ2v) is 22.4. The summed E-state index contributed by atoms with van der Waals surface area (Å²) in [5.41, 5.74) is 7.67. The largest absolute Gasteiger partial charge is 0.480 e. The van der Waals surface area contributed by atoms with Crippen LogP contribution >= 0.6 is 11.6 Å². The highest BCUT2D eigenvalue weighted by molar-refractivity contribution is 6.34. The number of aliphatic hydroxyl groups is 1. The fourth-order valence-corrected chi connectivity index (χ4v) is 13.4. The van der Waals surface area contributed by atoms with Gasteiger partial charge in [-0.3, -0.25) is 9.48 Å². The molecule has 1 aliphatic carbocycles. The van der Waals surface area contributed by atoms with E-state index in [1.807, 2.05) is 42.2 Å². The number of benzene rings is 4. The van der Waals surface area contributed by atoms with Crippen molar-refractivity contribution in [2.75, 3.05) is 57.3 Å². The third kappa shape index (κ3) is 9.60. The third-order valence-electron chi connectivity index (χ3n) is 17.3. The van der Waals surface area contributed by atoms with Crippen LogP contribution in [0.4, 0.5) is 23.4 Å². The molecular formula is C58H69ClF4N8O3. The number of aromatic nitrogens is 2. The van der Waals surface area contributed by atoms with Crippen LogP contribution in [0.3, 0.4) is 0 Å². The maximum atomic E-state index is 16.6. The lowest BCUT2D eigenvalue weighted by molar-refractivity contribution is 0.0447. The van der Waals surface area contributed by atoms with Crippen LogP contribution < -0.4 is 26.0 Å². The Hall–Kier alpha value is -5.45. The number of nitrogens with zero attached hydrogens (tertiary/aromatic N) is 5. The predicted octanol–water partition coefficient (Wildman–Crippen LogP) is 10.5. The molecule has 1 saturated carbocycles. The Balaban J connectivity index is 0.757. The summed E-state index contributed by atoms with van der Waals surface area (Å²) in [6, 6.07) is 16.1. The second kappa shape index (κ2) is 20.9. The average molecular weight is 1040 g/mol. The number of amides is 1. The molecule has 16 heteroatoms. The van der Waals surface area contributed by atoms with Gasteiger partial charge in [-0.2, -0.15) is 5.10 Å². The smallest absolute Gasteiger partial charge is 0.249 e. The summed E-state index contributed by atoms with van der Waals surface area (Å²) in [6.45, 7) is 17.9. The molecule has 4 aromatic carbocycles. The van der Waals surface area contributed by atoms with Gasteiger partial charge in [0.05, 0.1) is 10.4 Å². The highest BCUT2D eigenvalue weighted by Crippen LogP contribution is 2.56. The fraction of sp³-hybridized carbons (Fsp3) is 0.483. The lowest BCUT2D eigenvalue weighted by Crippen LogP contribution is -2.51. The van der Waals surface area contributed by atoms with E-state index in [0.717, 1.165) is 82.5 Å². The average Bonchev–Trinajstić information content (AvgIpc) is 3.86. The number of nitrogens with one attached hydrogen (secondary N) is 2. The van der Waals surface area contributed by atoms with Gasteiger partial charge >= 0.3 is 0 Å².